The van der Waals surface area contributed by atoms with Gasteiger partial charge in [0.2, 0.25) is 0 Å². The monoisotopic (exact) mass is 250 g/mol. The molecule has 0 spiro atoms. The van der Waals surface area contributed by atoms with Gasteiger partial charge in [0.05, 0.1) is 7.11 Å². The zero-order valence-corrected chi connectivity index (χ0v) is 11.6. The van der Waals surface area contributed by atoms with Crippen LogP contribution in [0.25, 0.3) is 0 Å². The Morgan fingerprint density at radius 2 is 2.11 bits per heavy atom. The van der Waals surface area contributed by atoms with Gasteiger partial charge in [-0.3, -0.25) is 4.79 Å². The molecule has 1 amide bonds. The standard InChI is InChI=1S/C14H22N2O2/c1-14(2,9-15)10-16(3)13(17)11-6-5-7-12(8-11)18-4/h5-8H,9-10,15H2,1-4H3. The lowest BCUT2D eigenvalue weighted by Gasteiger charge is -2.29. The van der Waals surface area contributed by atoms with Crippen LogP contribution in [0.2, 0.25) is 0 Å². The van der Waals surface area contributed by atoms with E-state index >= 15 is 0 Å². The van der Waals surface area contributed by atoms with Crippen LogP contribution in [0, 0.1) is 5.41 Å². The Kier molecular flexibility index (Phi) is 4.73. The van der Waals surface area contributed by atoms with Crippen molar-refractivity contribution in [2.24, 2.45) is 11.1 Å². The fraction of sp³-hybridized carbons (Fsp3) is 0.500. The molecule has 1 rings (SSSR count). The maximum absolute atomic E-state index is 12.2. The van der Waals surface area contributed by atoms with Gasteiger partial charge in [-0.25, -0.2) is 0 Å². The van der Waals surface area contributed by atoms with Crippen molar-refractivity contribution in [3.63, 3.8) is 0 Å². The van der Waals surface area contributed by atoms with E-state index in [1.165, 1.54) is 0 Å². The Labute approximate surface area is 109 Å². The van der Waals surface area contributed by atoms with Gasteiger partial charge < -0.3 is 15.4 Å². The molecule has 100 valence electrons. The van der Waals surface area contributed by atoms with E-state index in [0.29, 0.717) is 24.4 Å². The van der Waals surface area contributed by atoms with Gasteiger partial charge in [-0.15, -0.1) is 0 Å². The number of carbonyl (C=O) groups is 1. The van der Waals surface area contributed by atoms with Gasteiger partial charge in [0.25, 0.3) is 5.91 Å². The predicted molar refractivity (Wildman–Crippen MR) is 72.8 cm³/mol. The molecular formula is C14H22N2O2. The maximum Gasteiger partial charge on any atom is 0.253 e. The lowest BCUT2D eigenvalue weighted by atomic mass is 9.93. The molecule has 0 radical (unpaired) electrons. The van der Waals surface area contributed by atoms with Crippen LogP contribution in [0.5, 0.6) is 5.75 Å². The van der Waals surface area contributed by atoms with Crippen LogP contribution in [0.15, 0.2) is 24.3 Å². The summed E-state index contributed by atoms with van der Waals surface area (Å²) >= 11 is 0. The molecule has 0 aliphatic rings. The lowest BCUT2D eigenvalue weighted by Crippen LogP contribution is -2.39. The molecule has 0 saturated carbocycles. The average molecular weight is 250 g/mol. The number of ether oxygens (including phenoxy) is 1. The molecule has 18 heavy (non-hydrogen) atoms. The van der Waals surface area contributed by atoms with Gasteiger partial charge >= 0.3 is 0 Å². The van der Waals surface area contributed by atoms with Crippen molar-refractivity contribution in [1.29, 1.82) is 0 Å². The smallest absolute Gasteiger partial charge is 0.253 e. The lowest BCUT2D eigenvalue weighted by molar-refractivity contribution is 0.0740. The third kappa shape index (κ3) is 3.74. The van der Waals surface area contributed by atoms with Crippen molar-refractivity contribution >= 4 is 5.91 Å². The molecule has 0 atom stereocenters. The highest BCUT2D eigenvalue weighted by Crippen LogP contribution is 2.18. The first-order chi connectivity index (χ1) is 8.39. The Bertz CT molecular complexity index is 416. The number of methoxy groups -OCH3 is 1. The van der Waals surface area contributed by atoms with Crippen molar-refractivity contribution in [3.8, 4) is 5.75 Å². The Hall–Kier alpha value is -1.55. The molecule has 0 unspecified atom stereocenters. The first-order valence-corrected chi connectivity index (χ1v) is 5.99. The van der Waals surface area contributed by atoms with E-state index in [4.69, 9.17) is 10.5 Å². The van der Waals surface area contributed by atoms with Gasteiger partial charge in [-0.05, 0) is 30.2 Å². The van der Waals surface area contributed by atoms with Crippen LogP contribution in [-0.2, 0) is 0 Å². The Morgan fingerprint density at radius 3 is 2.67 bits per heavy atom. The van der Waals surface area contributed by atoms with Gasteiger partial charge in [-0.2, -0.15) is 0 Å². The van der Waals surface area contributed by atoms with Crippen LogP contribution in [0.4, 0.5) is 0 Å². The molecular weight excluding hydrogens is 228 g/mol. The molecule has 0 saturated heterocycles. The summed E-state index contributed by atoms with van der Waals surface area (Å²) in [5, 5.41) is 0. The maximum atomic E-state index is 12.2. The molecule has 4 heteroatoms. The van der Waals surface area contributed by atoms with Gasteiger partial charge in [0.1, 0.15) is 5.75 Å². The Balaban J connectivity index is 2.80. The van der Waals surface area contributed by atoms with Crippen molar-refractivity contribution in [2.45, 2.75) is 13.8 Å². The topological polar surface area (TPSA) is 55.6 Å². The van der Waals surface area contributed by atoms with Crippen LogP contribution in [0.3, 0.4) is 0 Å². The summed E-state index contributed by atoms with van der Waals surface area (Å²) in [6, 6.07) is 7.17. The molecule has 0 fully saturated rings. The first kappa shape index (κ1) is 14.5. The minimum atomic E-state index is -0.0801. The number of hydrogen-bond acceptors (Lipinski definition) is 3. The van der Waals surface area contributed by atoms with Crippen molar-refractivity contribution in [1.82, 2.24) is 4.90 Å². The van der Waals surface area contributed by atoms with E-state index in [1.807, 2.05) is 26.0 Å². The number of hydrogen-bond donors (Lipinski definition) is 1. The number of rotatable bonds is 5. The number of nitrogens with two attached hydrogens (primary N) is 1. The molecule has 0 aromatic heterocycles. The summed E-state index contributed by atoms with van der Waals surface area (Å²) < 4.78 is 5.12. The minimum absolute atomic E-state index is 0.0181. The quantitative estimate of drug-likeness (QED) is 0.866. The zero-order chi connectivity index (χ0) is 13.8. The highest BCUT2D eigenvalue weighted by molar-refractivity contribution is 5.94. The number of benzene rings is 1. The van der Waals surface area contributed by atoms with Crippen LogP contribution in [0.1, 0.15) is 24.2 Å². The summed E-state index contributed by atoms with van der Waals surface area (Å²) in [6.07, 6.45) is 0. The van der Waals surface area contributed by atoms with Gasteiger partial charge in [0.15, 0.2) is 0 Å². The average Bonchev–Trinajstić information content (AvgIpc) is 2.37. The van der Waals surface area contributed by atoms with Crippen LogP contribution < -0.4 is 10.5 Å². The summed E-state index contributed by atoms with van der Waals surface area (Å²) in [4.78, 5) is 13.9. The van der Waals surface area contributed by atoms with Crippen molar-refractivity contribution < 1.29 is 9.53 Å². The molecule has 0 aliphatic carbocycles. The zero-order valence-electron chi connectivity index (χ0n) is 11.6. The summed E-state index contributed by atoms with van der Waals surface area (Å²) in [5.74, 6) is 0.669. The van der Waals surface area contributed by atoms with Gasteiger partial charge in [0, 0.05) is 19.2 Å². The minimum Gasteiger partial charge on any atom is -0.497 e. The molecule has 0 aliphatic heterocycles. The highest BCUT2D eigenvalue weighted by atomic mass is 16.5. The van der Waals surface area contributed by atoms with Crippen molar-refractivity contribution in [3.05, 3.63) is 29.8 Å². The second-order valence-electron chi connectivity index (χ2n) is 5.26. The largest absolute Gasteiger partial charge is 0.497 e. The molecule has 2 N–H and O–H groups in total. The SMILES string of the molecule is COc1cccc(C(=O)N(C)CC(C)(C)CN)c1. The van der Waals surface area contributed by atoms with E-state index in [9.17, 15) is 4.79 Å². The Morgan fingerprint density at radius 1 is 1.44 bits per heavy atom. The molecule has 0 bridgehead atoms. The fourth-order valence-corrected chi connectivity index (χ4v) is 1.75. The number of nitrogens with zero attached hydrogens (tertiary/aromatic N) is 1. The first-order valence-electron chi connectivity index (χ1n) is 5.99. The number of amides is 1. The summed E-state index contributed by atoms with van der Waals surface area (Å²) in [7, 11) is 3.38. The van der Waals surface area contributed by atoms with E-state index in [-0.39, 0.29) is 11.3 Å². The van der Waals surface area contributed by atoms with E-state index in [2.05, 4.69) is 0 Å². The normalized spacial score (nSPS) is 11.2. The molecule has 4 nitrogen and oxygen atoms in total. The third-order valence-electron chi connectivity index (χ3n) is 2.88. The summed E-state index contributed by atoms with van der Waals surface area (Å²) in [5.41, 5.74) is 6.23. The predicted octanol–water partition coefficient (Wildman–Crippen LogP) is 1.75. The van der Waals surface area contributed by atoms with Crippen LogP contribution >= 0.6 is 0 Å². The van der Waals surface area contributed by atoms with Gasteiger partial charge in [-0.1, -0.05) is 19.9 Å². The third-order valence-corrected chi connectivity index (χ3v) is 2.88. The summed E-state index contributed by atoms with van der Waals surface area (Å²) in [6.45, 7) is 5.26. The number of carbonyl (C=O) groups excluding carboxylic acids is 1. The second kappa shape index (κ2) is 5.87. The molecule has 0 heterocycles. The van der Waals surface area contributed by atoms with E-state index in [0.717, 1.165) is 0 Å². The van der Waals surface area contributed by atoms with Crippen molar-refractivity contribution in [2.75, 3.05) is 27.2 Å². The second-order valence-corrected chi connectivity index (χ2v) is 5.26. The molecule has 1 aromatic rings. The van der Waals surface area contributed by atoms with E-state index < -0.39 is 0 Å². The van der Waals surface area contributed by atoms with E-state index in [1.54, 1.807) is 31.2 Å². The molecule has 1 aromatic carbocycles. The highest BCUT2D eigenvalue weighted by Gasteiger charge is 2.22. The van der Waals surface area contributed by atoms with Crippen LogP contribution in [-0.4, -0.2) is 38.1 Å². The fourth-order valence-electron chi connectivity index (χ4n) is 1.75.